The number of phenols is 1. The summed E-state index contributed by atoms with van der Waals surface area (Å²) in [6.45, 7) is 0. The van der Waals surface area contributed by atoms with Crippen molar-refractivity contribution in [3.05, 3.63) is 155 Å². The zero-order chi connectivity index (χ0) is 40.6. The second kappa shape index (κ2) is 14.0. The predicted octanol–water partition coefficient (Wildman–Crippen LogP) is 8.78. The van der Waals surface area contributed by atoms with Gasteiger partial charge in [0.15, 0.2) is 17.1 Å². The lowest BCUT2D eigenvalue weighted by atomic mass is 9.50. The van der Waals surface area contributed by atoms with E-state index in [1.807, 2.05) is 72.8 Å². The fourth-order valence-electron chi connectivity index (χ4n) is 10.00. The van der Waals surface area contributed by atoms with Gasteiger partial charge in [0.25, 0.3) is 0 Å². The first-order valence-electron chi connectivity index (χ1n) is 19.5. The molecule has 3 fully saturated rings. The molecule has 1 saturated carbocycles. The number of aromatic hydroxyl groups is 1. The molecule has 3 heterocycles. The van der Waals surface area contributed by atoms with E-state index >= 15 is 4.79 Å². The van der Waals surface area contributed by atoms with E-state index in [-0.39, 0.29) is 36.2 Å². The minimum Gasteiger partial charge on any atom is -0.504 e. The Hall–Kier alpha value is -6.78. The lowest BCUT2D eigenvalue weighted by Gasteiger charge is -2.49. The van der Waals surface area contributed by atoms with E-state index in [1.54, 1.807) is 60.7 Å². The molecule has 10 rings (SSSR count). The monoisotopic (exact) mass is 801 g/mol. The topological polar surface area (TPSA) is 130 Å². The molecule has 2 saturated heterocycles. The van der Waals surface area contributed by atoms with Gasteiger partial charge in [0.2, 0.25) is 29.5 Å². The summed E-state index contributed by atoms with van der Waals surface area (Å²) in [5.74, 6) is -4.30. The molecule has 10 nitrogen and oxygen atoms in total. The fraction of sp³-hybridized carbons (Fsp3) is 0.188. The van der Waals surface area contributed by atoms with Crippen LogP contribution in [-0.2, 0) is 24.6 Å². The summed E-state index contributed by atoms with van der Waals surface area (Å²) < 4.78 is 11.3. The Kier molecular flexibility index (Phi) is 8.64. The molecule has 59 heavy (non-hydrogen) atoms. The van der Waals surface area contributed by atoms with Crippen molar-refractivity contribution in [2.24, 2.45) is 29.6 Å². The Labute approximate surface area is 344 Å². The Morgan fingerprint density at radius 3 is 2.36 bits per heavy atom. The normalized spacial score (nSPS) is 25.1. The molecule has 2 aliphatic heterocycles. The summed E-state index contributed by atoms with van der Waals surface area (Å²) >= 11 is 6.44. The van der Waals surface area contributed by atoms with Gasteiger partial charge in [-0.25, -0.2) is 9.88 Å². The number of carbonyl (C=O) groups excluding carboxylic acids is 4. The lowest BCUT2D eigenvalue weighted by molar-refractivity contribution is -0.128. The molecule has 0 spiro atoms. The van der Waals surface area contributed by atoms with Gasteiger partial charge < -0.3 is 14.3 Å². The molecule has 1 N–H and O–H groups in total. The molecular weight excluding hydrogens is 766 g/mol. The highest BCUT2D eigenvalue weighted by atomic mass is 35.5. The molecule has 5 aromatic carbocycles. The van der Waals surface area contributed by atoms with Crippen LogP contribution in [0.25, 0.3) is 28.6 Å². The summed E-state index contributed by atoms with van der Waals surface area (Å²) in [7, 11) is 1.47. The number of hydrogen-bond acceptors (Lipinski definition) is 8. The van der Waals surface area contributed by atoms with E-state index in [4.69, 9.17) is 20.8 Å². The molecule has 0 bridgehead atoms. The number of methoxy groups -OCH3 is 1. The number of benzene rings is 5. The number of oxazole rings is 1. The van der Waals surface area contributed by atoms with Gasteiger partial charge in [-0.15, -0.1) is 0 Å². The van der Waals surface area contributed by atoms with Gasteiger partial charge in [0.05, 0.1) is 41.7 Å². The maximum atomic E-state index is 15.4. The summed E-state index contributed by atoms with van der Waals surface area (Å²) in [5, 5.41) is 10.7. The van der Waals surface area contributed by atoms with Gasteiger partial charge in [-0.3, -0.25) is 24.1 Å². The fourth-order valence-corrected chi connectivity index (χ4v) is 10.2. The van der Waals surface area contributed by atoms with Gasteiger partial charge in [-0.2, -0.15) is 0 Å². The number of amides is 4. The van der Waals surface area contributed by atoms with Crippen molar-refractivity contribution >= 4 is 63.8 Å². The number of para-hydroxylation sites is 2. The predicted molar refractivity (Wildman–Crippen MR) is 222 cm³/mol. The van der Waals surface area contributed by atoms with Crippen molar-refractivity contribution in [1.29, 1.82) is 0 Å². The van der Waals surface area contributed by atoms with Gasteiger partial charge >= 0.3 is 0 Å². The van der Waals surface area contributed by atoms with Gasteiger partial charge in [-0.1, -0.05) is 90.0 Å². The van der Waals surface area contributed by atoms with Crippen LogP contribution in [-0.4, -0.2) is 40.8 Å². The van der Waals surface area contributed by atoms with Crippen LogP contribution in [0.4, 0.5) is 11.4 Å². The van der Waals surface area contributed by atoms with E-state index in [1.165, 1.54) is 23.0 Å². The molecule has 292 valence electrons. The average molecular weight is 802 g/mol. The minimum absolute atomic E-state index is 0.0206. The molecule has 0 radical (unpaired) electrons. The minimum atomic E-state index is -1.40. The number of hydrogen-bond donors (Lipinski definition) is 1. The van der Waals surface area contributed by atoms with E-state index in [0.29, 0.717) is 44.6 Å². The third kappa shape index (κ3) is 5.57. The number of aromatic nitrogens is 1. The molecule has 6 unspecified atom stereocenters. The van der Waals surface area contributed by atoms with Crippen LogP contribution in [0.5, 0.6) is 11.5 Å². The summed E-state index contributed by atoms with van der Waals surface area (Å²) in [6, 6.07) is 35.5. The first-order chi connectivity index (χ1) is 28.7. The van der Waals surface area contributed by atoms with Gasteiger partial charge in [-0.05, 0) is 96.6 Å². The van der Waals surface area contributed by atoms with E-state index in [2.05, 4.69) is 4.98 Å². The van der Waals surface area contributed by atoms with Gasteiger partial charge in [0, 0.05) is 16.5 Å². The van der Waals surface area contributed by atoms with Crippen LogP contribution in [0, 0.1) is 29.6 Å². The van der Waals surface area contributed by atoms with E-state index in [0.717, 1.165) is 11.1 Å². The smallest absolute Gasteiger partial charge is 0.246 e. The molecule has 1 aromatic heterocycles. The third-order valence-corrected chi connectivity index (χ3v) is 12.8. The average Bonchev–Trinajstić information content (AvgIpc) is 3.88. The number of ether oxygens (including phenoxy) is 1. The Morgan fingerprint density at radius 2 is 1.59 bits per heavy atom. The van der Waals surface area contributed by atoms with Crippen molar-refractivity contribution in [1.82, 2.24) is 4.98 Å². The van der Waals surface area contributed by atoms with Crippen LogP contribution in [0.3, 0.4) is 0 Å². The van der Waals surface area contributed by atoms with Crippen molar-refractivity contribution in [2.45, 2.75) is 18.3 Å². The van der Waals surface area contributed by atoms with Crippen molar-refractivity contribution in [2.75, 3.05) is 16.9 Å². The number of imide groups is 2. The standard InChI is InChI=1S/C48H36ClN3O7/c1-58-41-24-27(15-23-39(41)53)14-22-36-33-20-21-34-42(46(56)51(44(34)54)31-18-16-28(17-19-31)43-50-38-12-5-6-13-40(38)59-43)35(33)26-37-45(55)52(32-11-7-10-30(49)25-32)47(57)48(36,37)29-8-3-2-4-9-29/h2-20,22-25,34-37,42,53H,21,26H2,1H3. The molecule has 4 aliphatic rings. The summed E-state index contributed by atoms with van der Waals surface area (Å²) in [5.41, 5.74) is 3.66. The molecular formula is C48H36ClN3O7. The number of nitrogens with zero attached hydrogens (tertiary/aromatic N) is 3. The number of allylic oxidation sites excluding steroid dienone is 3. The summed E-state index contributed by atoms with van der Waals surface area (Å²) in [4.78, 5) is 66.6. The third-order valence-electron chi connectivity index (χ3n) is 12.6. The number of fused-ring (bicyclic) bond motifs is 5. The SMILES string of the molecule is COc1cc(C=CC2C3=CCC4C(=O)N(c5ccc(-c6nc7ccccc7o6)cc5)C(=O)C4C3CC3C(=O)N(c4cccc(Cl)c4)C(=O)C23c2ccccc2)ccc1O. The molecule has 2 aliphatic carbocycles. The lowest BCUT2D eigenvalue weighted by Crippen LogP contribution is -2.54. The largest absolute Gasteiger partial charge is 0.504 e. The first-order valence-corrected chi connectivity index (χ1v) is 19.8. The number of rotatable bonds is 7. The van der Waals surface area contributed by atoms with Crippen molar-refractivity contribution < 1.29 is 33.4 Å². The number of phenolic OH excluding ortho intramolecular Hbond substituents is 1. The maximum absolute atomic E-state index is 15.4. The maximum Gasteiger partial charge on any atom is 0.246 e. The Morgan fingerprint density at radius 1 is 0.814 bits per heavy atom. The molecule has 11 heteroatoms. The van der Waals surface area contributed by atoms with E-state index in [9.17, 15) is 19.5 Å². The molecule has 4 amide bonds. The summed E-state index contributed by atoms with van der Waals surface area (Å²) in [6.07, 6.45) is 6.26. The van der Waals surface area contributed by atoms with Crippen LogP contribution in [0.2, 0.25) is 5.02 Å². The second-order valence-corrected chi connectivity index (χ2v) is 15.9. The Bertz CT molecular complexity index is 2750. The van der Waals surface area contributed by atoms with E-state index < -0.39 is 46.8 Å². The zero-order valence-corrected chi connectivity index (χ0v) is 32.5. The van der Waals surface area contributed by atoms with Crippen molar-refractivity contribution in [3.63, 3.8) is 0 Å². The molecule has 6 atom stereocenters. The van der Waals surface area contributed by atoms with Crippen LogP contribution >= 0.6 is 11.6 Å². The van der Waals surface area contributed by atoms with Crippen molar-refractivity contribution in [3.8, 4) is 23.0 Å². The molecule has 6 aromatic rings. The number of carbonyl (C=O) groups is 4. The Balaban J connectivity index is 1.08. The van der Waals surface area contributed by atoms with Crippen LogP contribution in [0.1, 0.15) is 24.0 Å². The van der Waals surface area contributed by atoms with Gasteiger partial charge in [0.1, 0.15) is 5.52 Å². The first kappa shape index (κ1) is 36.6. The quantitative estimate of drug-likeness (QED) is 0.125. The highest BCUT2D eigenvalue weighted by molar-refractivity contribution is 6.32. The van der Waals surface area contributed by atoms with Crippen LogP contribution in [0.15, 0.2) is 143 Å². The number of anilines is 2. The zero-order valence-electron chi connectivity index (χ0n) is 31.7. The van der Waals surface area contributed by atoms with Crippen LogP contribution < -0.4 is 14.5 Å². The number of halogens is 1. The highest BCUT2D eigenvalue weighted by Crippen LogP contribution is 2.62. The second-order valence-electron chi connectivity index (χ2n) is 15.5. The highest BCUT2D eigenvalue weighted by Gasteiger charge is 2.69.